The highest BCUT2D eigenvalue weighted by atomic mass is 79.9. The molecule has 2 rings (SSSR count). The Morgan fingerprint density at radius 3 is 2.86 bits per heavy atom. The van der Waals surface area contributed by atoms with Crippen molar-refractivity contribution in [1.29, 1.82) is 0 Å². The van der Waals surface area contributed by atoms with E-state index in [9.17, 15) is 4.39 Å². The lowest BCUT2D eigenvalue weighted by Gasteiger charge is -2.25. The predicted octanol–water partition coefficient (Wildman–Crippen LogP) is 3.77. The molecule has 1 aromatic rings. The first-order valence-corrected chi connectivity index (χ1v) is 5.63. The van der Waals surface area contributed by atoms with E-state index < -0.39 is 0 Å². The van der Waals surface area contributed by atoms with Gasteiger partial charge in [-0.2, -0.15) is 0 Å². The Kier molecular flexibility index (Phi) is 3.06. The van der Waals surface area contributed by atoms with Crippen molar-refractivity contribution in [1.82, 2.24) is 0 Å². The number of benzene rings is 1. The first kappa shape index (κ1) is 9.97. The molecule has 3 heteroatoms. The third kappa shape index (κ3) is 2.08. The molecule has 0 saturated heterocycles. The summed E-state index contributed by atoms with van der Waals surface area (Å²) in [7, 11) is 0. The summed E-state index contributed by atoms with van der Waals surface area (Å²) in [6.45, 7) is 0.710. The molecule has 1 nitrogen and oxygen atoms in total. The van der Waals surface area contributed by atoms with Crippen LogP contribution in [-0.2, 0) is 0 Å². The summed E-state index contributed by atoms with van der Waals surface area (Å²) in [6, 6.07) is 4.86. The molecular weight excluding hydrogens is 247 g/mol. The van der Waals surface area contributed by atoms with Gasteiger partial charge >= 0.3 is 0 Å². The van der Waals surface area contributed by atoms with Gasteiger partial charge in [0, 0.05) is 0 Å². The zero-order valence-electron chi connectivity index (χ0n) is 7.80. The SMILES string of the molecule is Fc1cccc(OCC2CCC2)c1Br. The molecule has 0 amide bonds. The van der Waals surface area contributed by atoms with Crippen LogP contribution in [0, 0.1) is 11.7 Å². The van der Waals surface area contributed by atoms with E-state index in [1.165, 1.54) is 25.3 Å². The second-order valence-corrected chi connectivity index (χ2v) is 4.45. The molecule has 1 aliphatic rings. The number of hydrogen-bond donors (Lipinski definition) is 0. The minimum atomic E-state index is -0.267. The average Bonchev–Trinajstić information content (AvgIpc) is 2.09. The van der Waals surface area contributed by atoms with Crippen molar-refractivity contribution in [3.63, 3.8) is 0 Å². The molecule has 1 aliphatic carbocycles. The summed E-state index contributed by atoms with van der Waals surface area (Å²) in [5.41, 5.74) is 0. The molecule has 1 aromatic carbocycles. The van der Waals surface area contributed by atoms with Gasteiger partial charge < -0.3 is 4.74 Å². The van der Waals surface area contributed by atoms with Gasteiger partial charge in [0.05, 0.1) is 11.1 Å². The van der Waals surface area contributed by atoms with Crippen molar-refractivity contribution >= 4 is 15.9 Å². The zero-order chi connectivity index (χ0) is 9.97. The lowest BCUT2D eigenvalue weighted by molar-refractivity contribution is 0.179. The highest BCUT2D eigenvalue weighted by Crippen LogP contribution is 2.31. The third-order valence-corrected chi connectivity index (χ3v) is 3.39. The molecule has 1 saturated carbocycles. The quantitative estimate of drug-likeness (QED) is 0.802. The van der Waals surface area contributed by atoms with Crippen LogP contribution in [0.4, 0.5) is 4.39 Å². The minimum absolute atomic E-state index is 0.267. The molecule has 76 valence electrons. The standard InChI is InChI=1S/C11H12BrFO/c12-11-9(13)5-2-6-10(11)14-7-8-3-1-4-8/h2,5-6,8H,1,3-4,7H2. The van der Waals surface area contributed by atoms with Gasteiger partial charge in [0.15, 0.2) is 0 Å². The number of halogens is 2. The molecule has 0 N–H and O–H groups in total. The van der Waals surface area contributed by atoms with Gasteiger partial charge in [0.25, 0.3) is 0 Å². The smallest absolute Gasteiger partial charge is 0.141 e. The van der Waals surface area contributed by atoms with Gasteiger partial charge in [-0.25, -0.2) is 4.39 Å². The Labute approximate surface area is 91.4 Å². The van der Waals surface area contributed by atoms with Crippen molar-refractivity contribution in [2.75, 3.05) is 6.61 Å². The Morgan fingerprint density at radius 2 is 2.21 bits per heavy atom. The van der Waals surface area contributed by atoms with Crippen LogP contribution in [-0.4, -0.2) is 6.61 Å². The molecule has 1 fully saturated rings. The molecule has 0 spiro atoms. The molecule has 0 heterocycles. The van der Waals surface area contributed by atoms with E-state index in [0.717, 1.165) is 0 Å². The van der Waals surface area contributed by atoms with Crippen LogP contribution in [0.5, 0.6) is 5.75 Å². The highest BCUT2D eigenvalue weighted by Gasteiger charge is 2.18. The van der Waals surface area contributed by atoms with E-state index in [1.807, 2.05) is 0 Å². The maximum absolute atomic E-state index is 13.1. The van der Waals surface area contributed by atoms with Crippen molar-refractivity contribution in [2.24, 2.45) is 5.92 Å². The van der Waals surface area contributed by atoms with Crippen LogP contribution < -0.4 is 4.74 Å². The number of hydrogen-bond acceptors (Lipinski definition) is 1. The van der Waals surface area contributed by atoms with Gasteiger partial charge in [-0.15, -0.1) is 0 Å². The molecule has 0 bridgehead atoms. The Bertz CT molecular complexity index is 323. The van der Waals surface area contributed by atoms with E-state index in [-0.39, 0.29) is 5.82 Å². The van der Waals surface area contributed by atoms with Crippen LogP contribution >= 0.6 is 15.9 Å². The average molecular weight is 259 g/mol. The van der Waals surface area contributed by atoms with Gasteiger partial charge in [-0.05, 0) is 46.8 Å². The summed E-state index contributed by atoms with van der Waals surface area (Å²) in [4.78, 5) is 0. The van der Waals surface area contributed by atoms with Crippen molar-refractivity contribution in [3.8, 4) is 5.75 Å². The zero-order valence-corrected chi connectivity index (χ0v) is 9.39. The van der Waals surface area contributed by atoms with E-state index >= 15 is 0 Å². The minimum Gasteiger partial charge on any atom is -0.492 e. The molecule has 0 atom stereocenters. The second-order valence-electron chi connectivity index (χ2n) is 3.66. The summed E-state index contributed by atoms with van der Waals surface area (Å²) in [5, 5.41) is 0. The Balaban J connectivity index is 1.97. The summed E-state index contributed by atoms with van der Waals surface area (Å²) >= 11 is 3.17. The Morgan fingerprint density at radius 1 is 1.43 bits per heavy atom. The van der Waals surface area contributed by atoms with Crippen molar-refractivity contribution in [2.45, 2.75) is 19.3 Å². The molecule has 0 radical (unpaired) electrons. The van der Waals surface area contributed by atoms with E-state index in [0.29, 0.717) is 22.7 Å². The lowest BCUT2D eigenvalue weighted by Crippen LogP contribution is -2.19. The predicted molar refractivity (Wildman–Crippen MR) is 56.9 cm³/mol. The fourth-order valence-electron chi connectivity index (χ4n) is 1.46. The van der Waals surface area contributed by atoms with E-state index in [2.05, 4.69) is 15.9 Å². The first-order chi connectivity index (χ1) is 6.77. The first-order valence-electron chi connectivity index (χ1n) is 4.84. The monoisotopic (exact) mass is 258 g/mol. The van der Waals surface area contributed by atoms with Crippen LogP contribution in [0.3, 0.4) is 0 Å². The normalized spacial score (nSPS) is 16.4. The largest absolute Gasteiger partial charge is 0.492 e. The van der Waals surface area contributed by atoms with Crippen LogP contribution in [0.25, 0.3) is 0 Å². The summed E-state index contributed by atoms with van der Waals surface area (Å²) in [6.07, 6.45) is 3.79. The topological polar surface area (TPSA) is 9.23 Å². The molecule has 0 aromatic heterocycles. The number of rotatable bonds is 3. The van der Waals surface area contributed by atoms with Gasteiger partial charge in [-0.1, -0.05) is 12.5 Å². The fourth-order valence-corrected chi connectivity index (χ4v) is 1.84. The molecule has 0 aliphatic heterocycles. The maximum atomic E-state index is 13.1. The van der Waals surface area contributed by atoms with E-state index in [4.69, 9.17) is 4.74 Å². The van der Waals surface area contributed by atoms with Gasteiger partial charge in [0.2, 0.25) is 0 Å². The second kappa shape index (κ2) is 4.30. The summed E-state index contributed by atoms with van der Waals surface area (Å²) < 4.78 is 19.0. The Hall–Kier alpha value is -0.570. The number of ether oxygens (including phenoxy) is 1. The maximum Gasteiger partial charge on any atom is 0.141 e. The lowest BCUT2D eigenvalue weighted by atomic mass is 9.86. The molecule has 14 heavy (non-hydrogen) atoms. The van der Waals surface area contributed by atoms with Gasteiger partial charge in [0.1, 0.15) is 11.6 Å². The van der Waals surface area contributed by atoms with Crippen molar-refractivity contribution in [3.05, 3.63) is 28.5 Å². The van der Waals surface area contributed by atoms with Crippen molar-refractivity contribution < 1.29 is 9.13 Å². The molecule has 0 unspecified atom stereocenters. The van der Waals surface area contributed by atoms with Gasteiger partial charge in [-0.3, -0.25) is 0 Å². The van der Waals surface area contributed by atoms with E-state index in [1.54, 1.807) is 12.1 Å². The van der Waals surface area contributed by atoms with Crippen LogP contribution in [0.2, 0.25) is 0 Å². The fraction of sp³-hybridized carbons (Fsp3) is 0.455. The van der Waals surface area contributed by atoms with Crippen LogP contribution in [0.15, 0.2) is 22.7 Å². The van der Waals surface area contributed by atoms with Crippen LogP contribution in [0.1, 0.15) is 19.3 Å². The third-order valence-electron chi connectivity index (χ3n) is 2.62. The highest BCUT2D eigenvalue weighted by molar-refractivity contribution is 9.10. The summed E-state index contributed by atoms with van der Waals surface area (Å²) in [5.74, 6) is 1.01. The molecular formula is C11H12BrFO.